The summed E-state index contributed by atoms with van der Waals surface area (Å²) in [5, 5.41) is 12.0. The van der Waals surface area contributed by atoms with Gasteiger partial charge in [0.15, 0.2) is 18.0 Å². The number of methoxy groups -OCH3 is 2. The first kappa shape index (κ1) is 21.4. The first-order chi connectivity index (χ1) is 15.0. The Morgan fingerprint density at radius 2 is 1.74 bits per heavy atom. The molecule has 2 heterocycles. The lowest BCUT2D eigenvalue weighted by Gasteiger charge is -2.30. The zero-order valence-electron chi connectivity index (χ0n) is 17.7. The summed E-state index contributed by atoms with van der Waals surface area (Å²) in [5.41, 5.74) is -0.133. The first-order valence-corrected chi connectivity index (χ1v) is 10.4. The number of aliphatic hydroxyl groups is 1. The second kappa shape index (κ2) is 8.70. The highest BCUT2D eigenvalue weighted by Crippen LogP contribution is 2.43. The summed E-state index contributed by atoms with van der Waals surface area (Å²) in [4.78, 5) is 1.91. The van der Waals surface area contributed by atoms with Crippen molar-refractivity contribution in [1.29, 1.82) is 0 Å². The topological polar surface area (TPSA) is 54.2 Å². The fraction of sp³-hybridized carbons (Fsp3) is 0.435. The summed E-state index contributed by atoms with van der Waals surface area (Å²) in [7, 11) is 3.18. The van der Waals surface area contributed by atoms with Crippen LogP contribution in [-0.2, 0) is 5.72 Å². The van der Waals surface area contributed by atoms with Crippen molar-refractivity contribution in [2.75, 3.05) is 32.2 Å². The fourth-order valence-electron chi connectivity index (χ4n) is 4.46. The van der Waals surface area contributed by atoms with Crippen LogP contribution in [-0.4, -0.2) is 49.4 Å². The Morgan fingerprint density at radius 3 is 2.42 bits per heavy atom. The van der Waals surface area contributed by atoms with Gasteiger partial charge in [-0.1, -0.05) is 0 Å². The molecule has 4 rings (SSSR count). The van der Waals surface area contributed by atoms with Crippen LogP contribution >= 0.6 is 0 Å². The first-order valence-electron chi connectivity index (χ1n) is 10.4. The van der Waals surface area contributed by atoms with E-state index in [9.17, 15) is 13.9 Å². The van der Waals surface area contributed by atoms with Crippen LogP contribution in [0.4, 0.5) is 14.5 Å². The maximum Gasteiger partial charge on any atom is 0.387 e. The maximum absolute atomic E-state index is 12.6. The molecular weight excluding hydrogens is 406 g/mol. The van der Waals surface area contributed by atoms with Gasteiger partial charge >= 0.3 is 6.61 Å². The van der Waals surface area contributed by atoms with Crippen LogP contribution in [0.1, 0.15) is 31.2 Å². The Hall–Kier alpha value is -2.87. The average molecular weight is 433 g/mol. The van der Waals surface area contributed by atoms with Gasteiger partial charge in [-0.15, -0.1) is 0 Å². The average Bonchev–Trinajstić information content (AvgIpc) is 2.88. The predicted octanol–water partition coefficient (Wildman–Crippen LogP) is 3.96. The van der Waals surface area contributed by atoms with E-state index >= 15 is 0 Å². The van der Waals surface area contributed by atoms with E-state index in [-0.39, 0.29) is 5.75 Å². The molecule has 0 aliphatic carbocycles. The van der Waals surface area contributed by atoms with Crippen LogP contribution in [0.25, 0.3) is 0 Å². The Balaban J connectivity index is 1.82. The Morgan fingerprint density at radius 1 is 1.00 bits per heavy atom. The van der Waals surface area contributed by atoms with Gasteiger partial charge < -0.3 is 19.3 Å². The monoisotopic (exact) mass is 433 g/mol. The molecule has 0 radical (unpaired) electrons. The molecule has 2 aromatic carbocycles. The third-order valence-electron chi connectivity index (χ3n) is 5.90. The lowest BCUT2D eigenvalue weighted by Crippen LogP contribution is -2.47. The Labute approximate surface area is 180 Å². The highest BCUT2D eigenvalue weighted by Gasteiger charge is 2.55. The fourth-order valence-corrected chi connectivity index (χ4v) is 4.46. The van der Waals surface area contributed by atoms with Crippen molar-refractivity contribution in [2.45, 2.75) is 38.0 Å². The quantitative estimate of drug-likeness (QED) is 0.699. The summed E-state index contributed by atoms with van der Waals surface area (Å²) < 4.78 is 42.8. The summed E-state index contributed by atoms with van der Waals surface area (Å²) in [6.45, 7) is -1.70. The number of benzene rings is 2. The van der Waals surface area contributed by atoms with Crippen molar-refractivity contribution in [3.8, 4) is 17.2 Å². The van der Waals surface area contributed by atoms with Crippen molar-refractivity contribution >= 4 is 11.5 Å². The van der Waals surface area contributed by atoms with Crippen molar-refractivity contribution in [2.24, 2.45) is 0 Å². The Kier molecular flexibility index (Phi) is 6.00. The summed E-state index contributed by atoms with van der Waals surface area (Å²) in [5.74, 6) is 2.31. The molecule has 0 spiro atoms. The predicted molar refractivity (Wildman–Crippen MR) is 112 cm³/mol. The van der Waals surface area contributed by atoms with Crippen molar-refractivity contribution in [1.82, 2.24) is 0 Å². The zero-order chi connectivity index (χ0) is 22.0. The number of rotatable bonds is 6. The van der Waals surface area contributed by atoms with Crippen LogP contribution in [0.15, 0.2) is 42.5 Å². The van der Waals surface area contributed by atoms with Gasteiger partial charge in [0, 0.05) is 18.1 Å². The number of anilines is 1. The van der Waals surface area contributed by atoms with Gasteiger partial charge in [0.25, 0.3) is 11.6 Å². The number of hydrogen-bond acceptors (Lipinski definition) is 5. The number of nitrogens with zero attached hydrogens (tertiary/aromatic N) is 2. The standard InChI is InChI=1S/C23H27F2N2O4/c1-29-18-11-12-20(30-2)19(14-18)27-21-6-4-3-5-13-26(21)15-23(27,28)16-7-9-17(10-8-16)31-22(24)25/h7-12,14,22,28H,3-6,13,15H2,1-2H3/q+1/t23-/m1/s1. The number of halogens is 2. The van der Waals surface area contributed by atoms with Crippen LogP contribution in [0.2, 0.25) is 0 Å². The highest BCUT2D eigenvalue weighted by molar-refractivity contribution is 5.98. The Bertz CT molecular complexity index is 965. The van der Waals surface area contributed by atoms with Crippen molar-refractivity contribution in [3.63, 3.8) is 0 Å². The molecule has 166 valence electrons. The number of hydrogen-bond donors (Lipinski definition) is 1. The van der Waals surface area contributed by atoms with E-state index in [2.05, 4.69) is 9.31 Å². The van der Waals surface area contributed by atoms with Crippen molar-refractivity contribution < 1.29 is 32.7 Å². The summed E-state index contributed by atoms with van der Waals surface area (Å²) in [6, 6.07) is 11.6. The van der Waals surface area contributed by atoms with Crippen LogP contribution in [0, 0.1) is 0 Å². The third kappa shape index (κ3) is 4.04. The van der Waals surface area contributed by atoms with Gasteiger partial charge in [-0.05, 0) is 55.7 Å². The molecule has 0 bridgehead atoms. The van der Waals surface area contributed by atoms with E-state index < -0.39 is 12.3 Å². The number of amidine groups is 1. The molecule has 6 nitrogen and oxygen atoms in total. The van der Waals surface area contributed by atoms with E-state index in [4.69, 9.17) is 9.47 Å². The van der Waals surface area contributed by atoms with E-state index in [1.807, 2.05) is 23.1 Å². The van der Waals surface area contributed by atoms with Gasteiger partial charge in [0.1, 0.15) is 11.5 Å². The largest absolute Gasteiger partial charge is 0.497 e. The van der Waals surface area contributed by atoms with Gasteiger partial charge in [-0.3, -0.25) is 4.58 Å². The smallest absolute Gasteiger partial charge is 0.387 e. The SMILES string of the molecule is COc1ccc(OC)c(N2C3=[N+](CCCCC3)C[C@@]2(O)c2ccc(OC(F)F)cc2)c1. The normalized spacial score (nSPS) is 21.2. The minimum Gasteiger partial charge on any atom is -0.497 e. The molecule has 0 saturated heterocycles. The molecule has 1 atom stereocenters. The highest BCUT2D eigenvalue weighted by atomic mass is 19.3. The minimum atomic E-state index is -2.90. The number of alkyl halides is 2. The molecule has 31 heavy (non-hydrogen) atoms. The molecule has 2 aliphatic heterocycles. The molecule has 0 fully saturated rings. The van der Waals surface area contributed by atoms with E-state index in [1.54, 1.807) is 26.4 Å². The molecule has 0 unspecified atom stereocenters. The van der Waals surface area contributed by atoms with Gasteiger partial charge in [0.2, 0.25) is 0 Å². The van der Waals surface area contributed by atoms with Crippen LogP contribution < -0.4 is 19.1 Å². The van der Waals surface area contributed by atoms with Crippen LogP contribution in [0.5, 0.6) is 17.2 Å². The third-order valence-corrected chi connectivity index (χ3v) is 5.90. The van der Waals surface area contributed by atoms with Gasteiger partial charge in [-0.2, -0.15) is 13.7 Å². The second-order valence-corrected chi connectivity index (χ2v) is 7.74. The number of ether oxygens (including phenoxy) is 3. The molecule has 2 aliphatic rings. The van der Waals surface area contributed by atoms with Gasteiger partial charge in [-0.25, -0.2) is 0 Å². The molecule has 0 saturated carbocycles. The summed E-state index contributed by atoms with van der Waals surface area (Å²) >= 11 is 0. The van der Waals surface area contributed by atoms with E-state index in [0.717, 1.165) is 38.1 Å². The molecule has 8 heteroatoms. The van der Waals surface area contributed by atoms with Crippen molar-refractivity contribution in [3.05, 3.63) is 48.0 Å². The van der Waals surface area contributed by atoms with E-state index in [1.165, 1.54) is 12.1 Å². The molecule has 0 amide bonds. The molecular formula is C23H27F2N2O4+. The maximum atomic E-state index is 12.6. The summed E-state index contributed by atoms with van der Waals surface area (Å²) in [6.07, 6.45) is 4.01. The molecule has 2 aromatic rings. The molecule has 0 aromatic heterocycles. The lowest BCUT2D eigenvalue weighted by molar-refractivity contribution is -0.534. The second-order valence-electron chi connectivity index (χ2n) is 7.74. The van der Waals surface area contributed by atoms with Crippen LogP contribution in [0.3, 0.4) is 0 Å². The lowest BCUT2D eigenvalue weighted by atomic mass is 9.99. The van der Waals surface area contributed by atoms with Gasteiger partial charge in [0.05, 0.1) is 20.8 Å². The minimum absolute atomic E-state index is 0.0491. The molecule has 1 N–H and O–H groups in total. The van der Waals surface area contributed by atoms with E-state index in [0.29, 0.717) is 29.3 Å². The zero-order valence-corrected chi connectivity index (χ0v) is 17.7.